The normalized spacial score (nSPS) is 12.9. The quantitative estimate of drug-likeness (QED) is 0.490. The Morgan fingerprint density at radius 2 is 2.57 bits per heavy atom. The van der Waals surface area contributed by atoms with Crippen molar-refractivity contribution in [1.82, 2.24) is 0 Å². The van der Waals surface area contributed by atoms with Crippen molar-refractivity contribution >= 4 is 6.47 Å². The maximum absolute atomic E-state index is 9.50. The van der Waals surface area contributed by atoms with Crippen LogP contribution >= 0.6 is 0 Å². The Balaban J connectivity index is 2.98. The van der Waals surface area contributed by atoms with Gasteiger partial charge in [-0.25, -0.2) is 0 Å². The van der Waals surface area contributed by atoms with Crippen molar-refractivity contribution in [3.8, 4) is 0 Å². The lowest BCUT2D eigenvalue weighted by molar-refractivity contribution is -0.132. The monoisotopic (exact) mass is 103 g/mol. The highest BCUT2D eigenvalue weighted by molar-refractivity contribution is 5.37. The number of hydrogen-bond donors (Lipinski definition) is 1. The van der Waals surface area contributed by atoms with Gasteiger partial charge in [0, 0.05) is 6.54 Å². The number of ether oxygens (including phenoxy) is 1. The molecule has 0 aromatic rings. The summed E-state index contributed by atoms with van der Waals surface area (Å²) in [6.07, 6.45) is -0.141. The predicted octanol–water partition coefficient (Wildman–Crippen LogP) is -0.493. The number of rotatable bonds is 3. The Kier molecular flexibility index (Phi) is 3.32. The molecule has 0 bridgehead atoms. The molecule has 0 rings (SSSR count). The van der Waals surface area contributed by atoms with Crippen LogP contribution in [0.25, 0.3) is 0 Å². The summed E-state index contributed by atoms with van der Waals surface area (Å²) < 4.78 is 4.39. The fourth-order valence-electron chi connectivity index (χ4n) is 0.150. The minimum Gasteiger partial charge on any atom is -0.464 e. The van der Waals surface area contributed by atoms with Gasteiger partial charge < -0.3 is 10.5 Å². The summed E-state index contributed by atoms with van der Waals surface area (Å²) in [5.41, 5.74) is 5.07. The Morgan fingerprint density at radius 3 is 2.71 bits per heavy atom. The first-order valence-electron chi connectivity index (χ1n) is 2.10. The maximum atomic E-state index is 9.50. The smallest absolute Gasteiger partial charge is 0.293 e. The van der Waals surface area contributed by atoms with E-state index in [4.69, 9.17) is 5.73 Å². The van der Waals surface area contributed by atoms with Crippen LogP contribution in [-0.2, 0) is 9.53 Å². The highest BCUT2D eigenvalue weighted by Crippen LogP contribution is 1.79. The number of carbonyl (C=O) groups excluding carboxylic acids is 1. The van der Waals surface area contributed by atoms with Gasteiger partial charge in [0.25, 0.3) is 6.47 Å². The van der Waals surface area contributed by atoms with E-state index >= 15 is 0 Å². The van der Waals surface area contributed by atoms with E-state index in [0.717, 1.165) is 0 Å². The lowest BCUT2D eigenvalue weighted by atomic mass is 10.4. The van der Waals surface area contributed by atoms with E-state index in [1.807, 2.05) is 0 Å². The SMILES string of the molecule is C[C@H](CN)OC=O. The minimum atomic E-state index is -0.141. The largest absolute Gasteiger partial charge is 0.464 e. The van der Waals surface area contributed by atoms with Crippen molar-refractivity contribution in [3.05, 3.63) is 0 Å². The average molecular weight is 103 g/mol. The molecule has 3 heteroatoms. The molecule has 0 radical (unpaired) electrons. The molecule has 0 aliphatic heterocycles. The average Bonchev–Trinajstić information content (AvgIpc) is 1.68. The van der Waals surface area contributed by atoms with Crippen molar-refractivity contribution in [2.45, 2.75) is 13.0 Å². The summed E-state index contributed by atoms with van der Waals surface area (Å²) in [6, 6.07) is 0. The summed E-state index contributed by atoms with van der Waals surface area (Å²) in [7, 11) is 0. The molecule has 3 nitrogen and oxygen atoms in total. The van der Waals surface area contributed by atoms with Crippen molar-refractivity contribution in [2.75, 3.05) is 6.54 Å². The van der Waals surface area contributed by atoms with Gasteiger partial charge in [-0.15, -0.1) is 0 Å². The van der Waals surface area contributed by atoms with Gasteiger partial charge in [-0.2, -0.15) is 0 Å². The van der Waals surface area contributed by atoms with Crippen LogP contribution in [0.1, 0.15) is 6.92 Å². The molecule has 0 saturated heterocycles. The molecule has 0 aromatic carbocycles. The summed E-state index contributed by atoms with van der Waals surface area (Å²) >= 11 is 0. The van der Waals surface area contributed by atoms with Gasteiger partial charge in [0.05, 0.1) is 0 Å². The second-order valence-electron chi connectivity index (χ2n) is 1.28. The zero-order valence-electron chi connectivity index (χ0n) is 4.26. The maximum Gasteiger partial charge on any atom is 0.293 e. The van der Waals surface area contributed by atoms with E-state index in [9.17, 15) is 4.79 Å². The second kappa shape index (κ2) is 3.61. The van der Waals surface area contributed by atoms with Crippen LogP contribution in [0.3, 0.4) is 0 Å². The van der Waals surface area contributed by atoms with Gasteiger partial charge in [0.15, 0.2) is 0 Å². The van der Waals surface area contributed by atoms with Crippen molar-refractivity contribution in [3.63, 3.8) is 0 Å². The highest BCUT2D eigenvalue weighted by Gasteiger charge is 1.92. The third kappa shape index (κ3) is 3.26. The molecule has 0 aliphatic carbocycles. The molecule has 0 spiro atoms. The molecule has 0 saturated carbocycles. The van der Waals surface area contributed by atoms with Gasteiger partial charge in [-0.1, -0.05) is 0 Å². The zero-order valence-corrected chi connectivity index (χ0v) is 4.26. The first-order chi connectivity index (χ1) is 3.31. The van der Waals surface area contributed by atoms with Crippen molar-refractivity contribution < 1.29 is 9.53 Å². The molecule has 0 fully saturated rings. The molecule has 7 heavy (non-hydrogen) atoms. The van der Waals surface area contributed by atoms with Crippen LogP contribution in [0, 0.1) is 0 Å². The first kappa shape index (κ1) is 6.43. The number of carbonyl (C=O) groups is 1. The summed E-state index contributed by atoms with van der Waals surface area (Å²) in [6.45, 7) is 2.52. The van der Waals surface area contributed by atoms with Gasteiger partial charge in [-0.05, 0) is 6.92 Å². The predicted molar refractivity (Wildman–Crippen MR) is 25.7 cm³/mol. The molecular formula is C4H9NO2. The van der Waals surface area contributed by atoms with Gasteiger partial charge >= 0.3 is 0 Å². The standard InChI is InChI=1S/C4H9NO2/c1-4(2-5)7-3-6/h3-4H,2,5H2,1H3/t4-/m1/s1. The summed E-state index contributed by atoms with van der Waals surface area (Å²) in [5, 5.41) is 0. The molecule has 42 valence electrons. The topological polar surface area (TPSA) is 52.3 Å². The van der Waals surface area contributed by atoms with Gasteiger partial charge in [-0.3, -0.25) is 4.79 Å². The third-order valence-corrected chi connectivity index (χ3v) is 0.620. The highest BCUT2D eigenvalue weighted by atomic mass is 16.5. The van der Waals surface area contributed by atoms with E-state index in [-0.39, 0.29) is 6.10 Å². The summed E-state index contributed by atoms with van der Waals surface area (Å²) in [5.74, 6) is 0. The van der Waals surface area contributed by atoms with Crippen LogP contribution in [0.5, 0.6) is 0 Å². The van der Waals surface area contributed by atoms with E-state index in [1.165, 1.54) is 0 Å². The van der Waals surface area contributed by atoms with Crippen LogP contribution in [0.15, 0.2) is 0 Å². The lowest BCUT2D eigenvalue weighted by Crippen LogP contribution is -2.18. The zero-order chi connectivity index (χ0) is 5.70. The Morgan fingerprint density at radius 1 is 2.00 bits per heavy atom. The van der Waals surface area contributed by atoms with Crippen LogP contribution < -0.4 is 5.73 Å². The molecule has 0 heterocycles. The molecule has 0 unspecified atom stereocenters. The molecule has 2 N–H and O–H groups in total. The van der Waals surface area contributed by atoms with E-state index < -0.39 is 0 Å². The first-order valence-corrected chi connectivity index (χ1v) is 2.10. The van der Waals surface area contributed by atoms with Gasteiger partial charge in [0.2, 0.25) is 0 Å². The van der Waals surface area contributed by atoms with Crippen molar-refractivity contribution in [1.29, 1.82) is 0 Å². The van der Waals surface area contributed by atoms with Crippen LogP contribution in [-0.4, -0.2) is 19.1 Å². The van der Waals surface area contributed by atoms with E-state index in [0.29, 0.717) is 13.0 Å². The molecular weight excluding hydrogens is 94.0 g/mol. The van der Waals surface area contributed by atoms with E-state index in [2.05, 4.69) is 4.74 Å². The fourth-order valence-corrected chi connectivity index (χ4v) is 0.150. The summed E-state index contributed by atoms with van der Waals surface area (Å²) in [4.78, 5) is 9.50. The minimum absolute atomic E-state index is 0.141. The molecule has 0 amide bonds. The lowest BCUT2D eigenvalue weighted by Gasteiger charge is -2.02. The van der Waals surface area contributed by atoms with Gasteiger partial charge in [0.1, 0.15) is 6.10 Å². The van der Waals surface area contributed by atoms with E-state index in [1.54, 1.807) is 6.92 Å². The number of nitrogens with two attached hydrogens (primary N) is 1. The van der Waals surface area contributed by atoms with Crippen LogP contribution in [0.2, 0.25) is 0 Å². The van der Waals surface area contributed by atoms with Crippen molar-refractivity contribution in [2.24, 2.45) is 5.73 Å². The molecule has 0 aliphatic rings. The Bertz CT molecular complexity index is 55.7. The molecule has 1 atom stereocenters. The Labute approximate surface area is 42.4 Å². The fraction of sp³-hybridized carbons (Fsp3) is 0.750. The third-order valence-electron chi connectivity index (χ3n) is 0.620. The van der Waals surface area contributed by atoms with Crippen LogP contribution in [0.4, 0.5) is 0 Å². The second-order valence-corrected chi connectivity index (χ2v) is 1.28. The Hall–Kier alpha value is -0.570. The number of hydrogen-bond acceptors (Lipinski definition) is 3. The molecule has 0 aromatic heterocycles.